The number of aliphatic hydroxyl groups is 1. The second-order valence-corrected chi connectivity index (χ2v) is 5.34. The number of pyridine rings is 1. The lowest BCUT2D eigenvalue weighted by molar-refractivity contribution is -0.355. The molecule has 0 spiro atoms. The summed E-state index contributed by atoms with van der Waals surface area (Å²) in [4.78, 5) is 8.09. The van der Waals surface area contributed by atoms with E-state index in [1.54, 1.807) is 0 Å². The average molecular weight is 356 g/mol. The van der Waals surface area contributed by atoms with Crippen molar-refractivity contribution in [2.24, 2.45) is 5.16 Å². The second-order valence-electron chi connectivity index (χ2n) is 5.34. The zero-order valence-electron chi connectivity index (χ0n) is 12.8. The highest BCUT2D eigenvalue weighted by Gasteiger charge is 2.60. The Morgan fingerprint density at radius 2 is 1.80 bits per heavy atom. The number of rotatable bonds is 3. The Balaban J connectivity index is 1.88. The first-order valence-corrected chi connectivity index (χ1v) is 7.08. The summed E-state index contributed by atoms with van der Waals surface area (Å²) in [7, 11) is 1.35. The van der Waals surface area contributed by atoms with E-state index in [9.17, 15) is 22.7 Å². The molecule has 1 N–H and O–H groups in total. The zero-order valence-corrected chi connectivity index (χ0v) is 12.8. The summed E-state index contributed by atoms with van der Waals surface area (Å²) in [6.45, 7) is 0. The van der Waals surface area contributed by atoms with Crippen LogP contribution in [0, 0.1) is 5.82 Å². The molecule has 0 fully saturated rings. The van der Waals surface area contributed by atoms with Crippen LogP contribution in [0.4, 0.5) is 17.6 Å². The van der Waals surface area contributed by atoms with Crippen LogP contribution in [-0.4, -0.2) is 34.9 Å². The Morgan fingerprint density at radius 3 is 2.36 bits per heavy atom. The molecule has 2 aromatic rings. The van der Waals surface area contributed by atoms with Crippen molar-refractivity contribution in [1.29, 1.82) is 0 Å². The van der Waals surface area contributed by atoms with Crippen LogP contribution in [0.2, 0.25) is 0 Å². The topological polar surface area (TPSA) is 63.9 Å². The molecule has 1 aromatic carbocycles. The molecule has 1 unspecified atom stereocenters. The molecule has 132 valence electrons. The maximum Gasteiger partial charge on any atom is 0.458 e. The summed E-state index contributed by atoms with van der Waals surface area (Å²) < 4.78 is 57.3. The van der Waals surface area contributed by atoms with Gasteiger partial charge in [0, 0.05) is 6.20 Å². The maximum absolute atomic E-state index is 14.0. The molecule has 0 bridgehead atoms. The summed E-state index contributed by atoms with van der Waals surface area (Å²) in [5, 5.41) is 12.8. The SMILES string of the molecule is COc1nccc(F)c1-c1ccc(C2=NOC(O)(C(F)(F)F)C2)cc1. The van der Waals surface area contributed by atoms with Crippen LogP contribution < -0.4 is 4.74 Å². The van der Waals surface area contributed by atoms with Crippen molar-refractivity contribution in [3.05, 3.63) is 47.9 Å². The molecule has 1 aliphatic heterocycles. The lowest BCUT2D eigenvalue weighted by atomic mass is 9.99. The monoisotopic (exact) mass is 356 g/mol. The molecule has 1 aromatic heterocycles. The number of alkyl halides is 3. The second kappa shape index (κ2) is 5.99. The number of methoxy groups -OCH3 is 1. The van der Waals surface area contributed by atoms with Gasteiger partial charge >= 0.3 is 12.0 Å². The Bertz CT molecular complexity index is 821. The molecule has 9 heteroatoms. The van der Waals surface area contributed by atoms with Crippen LogP contribution in [-0.2, 0) is 4.84 Å². The van der Waals surface area contributed by atoms with E-state index in [1.807, 2.05) is 0 Å². The summed E-state index contributed by atoms with van der Waals surface area (Å²) in [5.41, 5.74) is 0.807. The van der Waals surface area contributed by atoms with Gasteiger partial charge in [0.05, 0.1) is 24.8 Å². The van der Waals surface area contributed by atoms with Gasteiger partial charge in [-0.05, 0) is 17.2 Å². The molecule has 0 radical (unpaired) electrons. The van der Waals surface area contributed by atoms with Crippen LogP contribution in [0.3, 0.4) is 0 Å². The van der Waals surface area contributed by atoms with E-state index in [2.05, 4.69) is 15.0 Å². The first-order chi connectivity index (χ1) is 11.7. The third-order valence-corrected chi connectivity index (χ3v) is 3.72. The van der Waals surface area contributed by atoms with Crippen LogP contribution in [0.25, 0.3) is 11.1 Å². The van der Waals surface area contributed by atoms with E-state index in [1.165, 1.54) is 43.6 Å². The summed E-state index contributed by atoms with van der Waals surface area (Å²) in [6, 6.07) is 7.05. The molecule has 3 rings (SSSR count). The Labute approximate surface area is 139 Å². The van der Waals surface area contributed by atoms with Crippen LogP contribution in [0.1, 0.15) is 12.0 Å². The Kier molecular flexibility index (Phi) is 4.11. The van der Waals surface area contributed by atoms with Crippen LogP contribution in [0.15, 0.2) is 41.7 Å². The van der Waals surface area contributed by atoms with E-state index >= 15 is 0 Å². The minimum Gasteiger partial charge on any atom is -0.480 e. The standard InChI is InChI=1S/C16H12F4N2O3/c1-24-14-13(11(17)6-7-21-14)10-4-2-9(3-5-10)12-8-15(23,25-22-12)16(18,19)20/h2-7,23H,8H2,1H3. The van der Waals surface area contributed by atoms with E-state index in [0.717, 1.165) is 0 Å². The van der Waals surface area contributed by atoms with Crippen molar-refractivity contribution in [3.63, 3.8) is 0 Å². The number of oxime groups is 1. The smallest absolute Gasteiger partial charge is 0.458 e. The van der Waals surface area contributed by atoms with Gasteiger partial charge in [-0.1, -0.05) is 29.4 Å². The van der Waals surface area contributed by atoms with Crippen molar-refractivity contribution < 1.29 is 32.2 Å². The third-order valence-electron chi connectivity index (χ3n) is 3.72. The lowest BCUT2D eigenvalue weighted by Crippen LogP contribution is -2.45. The number of nitrogens with zero attached hydrogens (tertiary/aromatic N) is 2. The molecule has 0 saturated heterocycles. The highest BCUT2D eigenvalue weighted by atomic mass is 19.4. The van der Waals surface area contributed by atoms with E-state index in [-0.39, 0.29) is 17.2 Å². The first-order valence-electron chi connectivity index (χ1n) is 7.08. The van der Waals surface area contributed by atoms with Crippen molar-refractivity contribution >= 4 is 5.71 Å². The van der Waals surface area contributed by atoms with Gasteiger partial charge in [-0.15, -0.1) is 0 Å². The molecule has 2 heterocycles. The van der Waals surface area contributed by atoms with Gasteiger partial charge in [-0.25, -0.2) is 9.37 Å². The van der Waals surface area contributed by atoms with Gasteiger partial charge in [0.1, 0.15) is 5.82 Å². The van der Waals surface area contributed by atoms with E-state index in [4.69, 9.17) is 4.74 Å². The Hall–Kier alpha value is -2.68. The number of ether oxygens (including phenoxy) is 1. The quantitative estimate of drug-likeness (QED) is 0.858. The van der Waals surface area contributed by atoms with E-state index < -0.39 is 24.2 Å². The molecular formula is C16H12F4N2O3. The maximum atomic E-state index is 14.0. The molecule has 0 amide bonds. The molecule has 1 atom stereocenters. The number of aromatic nitrogens is 1. The van der Waals surface area contributed by atoms with Gasteiger partial charge in [-0.2, -0.15) is 13.2 Å². The number of hydrogen-bond acceptors (Lipinski definition) is 5. The fourth-order valence-corrected chi connectivity index (χ4v) is 2.39. The summed E-state index contributed by atoms with van der Waals surface area (Å²) in [5.74, 6) is -3.80. The largest absolute Gasteiger partial charge is 0.480 e. The van der Waals surface area contributed by atoms with Crippen LogP contribution >= 0.6 is 0 Å². The molecule has 0 aliphatic carbocycles. The first kappa shape index (κ1) is 17.2. The zero-order chi connectivity index (χ0) is 18.2. The lowest BCUT2D eigenvalue weighted by Gasteiger charge is -2.22. The van der Waals surface area contributed by atoms with Gasteiger partial charge < -0.3 is 14.7 Å². The fraction of sp³-hybridized carbons (Fsp3) is 0.250. The van der Waals surface area contributed by atoms with Crippen molar-refractivity contribution in [2.75, 3.05) is 7.11 Å². The molecule has 5 nitrogen and oxygen atoms in total. The van der Waals surface area contributed by atoms with Crippen LogP contribution in [0.5, 0.6) is 5.88 Å². The fourth-order valence-electron chi connectivity index (χ4n) is 2.39. The summed E-state index contributed by atoms with van der Waals surface area (Å²) in [6.07, 6.45) is -4.54. The summed E-state index contributed by atoms with van der Waals surface area (Å²) >= 11 is 0. The third kappa shape index (κ3) is 3.02. The molecule has 0 saturated carbocycles. The highest BCUT2D eigenvalue weighted by Crippen LogP contribution is 2.39. The predicted octanol–water partition coefficient (Wildman–Crippen LogP) is 3.27. The molecule has 1 aliphatic rings. The van der Waals surface area contributed by atoms with Gasteiger partial charge in [0.15, 0.2) is 0 Å². The normalized spacial score (nSPS) is 20.2. The number of benzene rings is 1. The number of hydrogen-bond donors (Lipinski definition) is 1. The minimum absolute atomic E-state index is 0.0648. The van der Waals surface area contributed by atoms with Gasteiger partial charge in [0.2, 0.25) is 5.88 Å². The van der Waals surface area contributed by atoms with Gasteiger partial charge in [-0.3, -0.25) is 0 Å². The number of halogens is 4. The van der Waals surface area contributed by atoms with Crippen molar-refractivity contribution in [3.8, 4) is 17.0 Å². The average Bonchev–Trinajstić information content (AvgIpc) is 2.98. The molecule has 25 heavy (non-hydrogen) atoms. The van der Waals surface area contributed by atoms with Crippen molar-refractivity contribution in [1.82, 2.24) is 4.98 Å². The molecular weight excluding hydrogens is 344 g/mol. The Morgan fingerprint density at radius 1 is 1.16 bits per heavy atom. The van der Waals surface area contributed by atoms with E-state index in [0.29, 0.717) is 11.1 Å². The highest BCUT2D eigenvalue weighted by molar-refractivity contribution is 6.01. The van der Waals surface area contributed by atoms with Gasteiger partial charge in [0.25, 0.3) is 0 Å². The minimum atomic E-state index is -4.97. The predicted molar refractivity (Wildman–Crippen MR) is 79.4 cm³/mol. The van der Waals surface area contributed by atoms with Crippen molar-refractivity contribution in [2.45, 2.75) is 18.4 Å².